The lowest BCUT2D eigenvalue weighted by Gasteiger charge is -2.16. The number of hydrogen-bond acceptors (Lipinski definition) is 8. The van der Waals surface area contributed by atoms with Crippen LogP contribution in [-0.4, -0.2) is 93.4 Å². The lowest BCUT2D eigenvalue weighted by atomic mass is 10.1. The molecule has 0 saturated heterocycles. The van der Waals surface area contributed by atoms with E-state index in [1.807, 2.05) is 0 Å². The van der Waals surface area contributed by atoms with Crippen LogP contribution >= 0.6 is 0 Å². The fourth-order valence-electron chi connectivity index (χ4n) is 2.71. The van der Waals surface area contributed by atoms with Gasteiger partial charge in [0.15, 0.2) is 0 Å². The van der Waals surface area contributed by atoms with E-state index in [1.54, 1.807) is 0 Å². The summed E-state index contributed by atoms with van der Waals surface area (Å²) in [6, 6.07) is 12.3. The third-order valence-corrected chi connectivity index (χ3v) is 4.87. The monoisotopic (exact) mass is 748 g/mol. The lowest BCUT2D eigenvalue weighted by Crippen LogP contribution is -3.04. The van der Waals surface area contributed by atoms with Gasteiger partial charge in [-0.3, -0.25) is 0 Å². The molecule has 0 amide bonds. The Morgan fingerprint density at radius 2 is 1.02 bits per heavy atom. The highest BCUT2D eigenvalue weighted by Crippen LogP contribution is 2.13. The standard InChI is InChI=1S/C17H32N4.4C2HF3O2/c1-3-20-15(2)13-21-17(14-19-11-7-10-18)12-16-8-5-4-6-9-16;4*3-2(4,5)1(6)7/h4-6,8-9,15,17,19-21H,3,7,10-14,18H2,1-2H3;4*(H,6,7)/t15-,17+;;;;/m1..../s1. The van der Waals surface area contributed by atoms with Gasteiger partial charge in [0.25, 0.3) is 0 Å². The number of alkyl halides is 12. The van der Waals surface area contributed by atoms with E-state index >= 15 is 0 Å². The van der Waals surface area contributed by atoms with Gasteiger partial charge < -0.3 is 61.3 Å². The van der Waals surface area contributed by atoms with Crippen LogP contribution in [0.2, 0.25) is 0 Å². The van der Waals surface area contributed by atoms with Gasteiger partial charge in [-0.1, -0.05) is 30.3 Å². The van der Waals surface area contributed by atoms with E-state index in [1.165, 1.54) is 44.6 Å². The van der Waals surface area contributed by atoms with Crippen molar-refractivity contribution in [2.75, 3.05) is 32.7 Å². The molecule has 0 aliphatic heterocycles. The number of aliphatic carboxylic acids is 4. The number of carbonyl (C=O) groups is 4. The van der Waals surface area contributed by atoms with Gasteiger partial charge in [0.1, 0.15) is 49.1 Å². The number of hydrogen-bond donors (Lipinski definition) is 4. The zero-order valence-electron chi connectivity index (χ0n) is 25.7. The molecule has 9 N–H and O–H groups in total. The van der Waals surface area contributed by atoms with Gasteiger partial charge in [-0.25, -0.2) is 0 Å². The van der Waals surface area contributed by atoms with E-state index in [2.05, 4.69) is 65.9 Å². The van der Waals surface area contributed by atoms with Crippen molar-refractivity contribution in [1.29, 1.82) is 0 Å². The van der Waals surface area contributed by atoms with Crippen molar-refractivity contribution in [3.8, 4) is 0 Å². The molecule has 1 rings (SSSR count). The summed E-state index contributed by atoms with van der Waals surface area (Å²) >= 11 is 0. The van der Waals surface area contributed by atoms with Crippen LogP contribution in [0.3, 0.4) is 0 Å². The van der Waals surface area contributed by atoms with Crippen LogP contribution in [0, 0.1) is 0 Å². The Labute approximate surface area is 270 Å². The average Bonchev–Trinajstić information content (AvgIpc) is 2.94. The summed E-state index contributed by atoms with van der Waals surface area (Å²) in [6.45, 7) is 10.4. The van der Waals surface area contributed by atoms with Gasteiger partial charge in [-0.05, 0) is 19.4 Å². The predicted octanol–water partition coefficient (Wildman–Crippen LogP) is -5.48. The topological polar surface area (TPSA) is 238 Å². The maximum atomic E-state index is 10.5. The van der Waals surface area contributed by atoms with Crippen molar-refractivity contribution in [1.82, 2.24) is 0 Å². The highest BCUT2D eigenvalue weighted by atomic mass is 19.4. The molecule has 0 heterocycles. The second-order valence-corrected chi connectivity index (χ2v) is 9.20. The minimum atomic E-state index is -5.19. The highest BCUT2D eigenvalue weighted by molar-refractivity contribution is 5.71. The van der Waals surface area contributed by atoms with Crippen molar-refractivity contribution in [3.05, 3.63) is 35.9 Å². The average molecular weight is 749 g/mol. The van der Waals surface area contributed by atoms with Crippen LogP contribution in [0.1, 0.15) is 25.8 Å². The number of nitrogens with two attached hydrogens (primary N) is 3. The first-order chi connectivity index (χ1) is 22.0. The quantitative estimate of drug-likeness (QED) is 0.119. The lowest BCUT2D eigenvalue weighted by molar-refractivity contribution is -0.784. The Morgan fingerprint density at radius 1 is 0.673 bits per heavy atom. The largest absolute Gasteiger partial charge is 0.542 e. The molecule has 0 radical (unpaired) electrons. The number of halogens is 12. The van der Waals surface area contributed by atoms with Crippen LogP contribution in [0.15, 0.2) is 30.3 Å². The molecule has 0 spiro atoms. The van der Waals surface area contributed by atoms with E-state index < -0.39 is 48.6 Å². The number of carboxylic acids is 4. The van der Waals surface area contributed by atoms with Gasteiger partial charge >= 0.3 is 24.7 Å². The Morgan fingerprint density at radius 3 is 1.31 bits per heavy atom. The van der Waals surface area contributed by atoms with Gasteiger partial charge in [-0.15, -0.1) is 0 Å². The smallest absolute Gasteiger partial charge is 0.430 e. The van der Waals surface area contributed by atoms with Crippen LogP contribution in [0.25, 0.3) is 0 Å². The number of rotatable bonds is 12. The van der Waals surface area contributed by atoms with Crippen molar-refractivity contribution >= 4 is 23.9 Å². The molecule has 0 aromatic heterocycles. The SMILES string of the molecule is CC[NH2+][C@H](C)C[NH2+][C@H](C[NH2+]CCC[NH3+])Cc1ccccc1.O=C([O-])C(F)(F)F.O=C([O-])C(F)(F)F.O=C([O-])C(F)(F)F.O=C([O-])C(F)(F)F. The Hall–Kier alpha value is -3.90. The summed E-state index contributed by atoms with van der Waals surface area (Å²) in [7, 11) is 0. The van der Waals surface area contributed by atoms with Crippen LogP contribution in [0.4, 0.5) is 52.7 Å². The van der Waals surface area contributed by atoms with Crippen LogP contribution in [-0.2, 0) is 25.6 Å². The third-order valence-electron chi connectivity index (χ3n) is 4.87. The number of carbonyl (C=O) groups excluding carboxylic acids is 4. The molecule has 2 atom stereocenters. The van der Waals surface area contributed by atoms with E-state index in [4.69, 9.17) is 39.6 Å². The van der Waals surface area contributed by atoms with Crippen molar-refractivity contribution in [2.45, 2.75) is 63.5 Å². The maximum absolute atomic E-state index is 10.5. The molecule has 49 heavy (non-hydrogen) atoms. The second-order valence-electron chi connectivity index (χ2n) is 9.20. The molecule has 0 aliphatic carbocycles. The summed E-state index contributed by atoms with van der Waals surface area (Å²) in [6.07, 6.45) is -18.4. The third kappa shape index (κ3) is 36.8. The summed E-state index contributed by atoms with van der Waals surface area (Å²) < 4.78 is 126. The molecule has 12 nitrogen and oxygen atoms in total. The first-order valence-electron chi connectivity index (χ1n) is 13.5. The summed E-state index contributed by atoms with van der Waals surface area (Å²) in [5.74, 6) is -12.0. The normalized spacial score (nSPS) is 12.5. The van der Waals surface area contributed by atoms with Gasteiger partial charge in [0, 0.05) is 12.8 Å². The van der Waals surface area contributed by atoms with Crippen LogP contribution in [0.5, 0.6) is 0 Å². The molecule has 0 bridgehead atoms. The van der Waals surface area contributed by atoms with E-state index in [0.29, 0.717) is 12.1 Å². The number of quaternary nitrogens is 4. The molecule has 0 aliphatic rings. The minimum absolute atomic E-state index is 0.671. The number of likely N-dealkylation sites (N-methyl/N-ethyl adjacent to an activating group) is 1. The van der Waals surface area contributed by atoms with E-state index in [9.17, 15) is 52.7 Å². The summed E-state index contributed by atoms with van der Waals surface area (Å²) in [4.78, 5) is 35.1. The fraction of sp³-hybridized carbons (Fsp3) is 0.600. The number of carboxylic acid groups (broad SMARTS) is 4. The Kier molecular flexibility index (Phi) is 27.6. The van der Waals surface area contributed by atoms with Gasteiger partial charge in [0.05, 0.1) is 19.6 Å². The molecule has 0 unspecified atom stereocenters. The second kappa shape index (κ2) is 26.0. The summed E-state index contributed by atoms with van der Waals surface area (Å²) in [5.41, 5.74) is 5.37. The molecule has 0 saturated carbocycles. The molecule has 1 aromatic rings. The summed E-state index contributed by atoms with van der Waals surface area (Å²) in [5, 5.41) is 42.6. The zero-order chi connectivity index (χ0) is 39.6. The molecule has 24 heteroatoms. The maximum Gasteiger partial charge on any atom is 0.430 e. The van der Waals surface area contributed by atoms with Crippen LogP contribution < -0.4 is 42.1 Å². The van der Waals surface area contributed by atoms with Crippen molar-refractivity contribution in [3.63, 3.8) is 0 Å². The number of benzene rings is 1. The molecular weight excluding hydrogens is 712 g/mol. The molecule has 1 aromatic carbocycles. The van der Waals surface area contributed by atoms with Gasteiger partial charge in [0.2, 0.25) is 0 Å². The first-order valence-corrected chi connectivity index (χ1v) is 13.5. The predicted molar refractivity (Wildman–Crippen MR) is 131 cm³/mol. The highest BCUT2D eigenvalue weighted by Gasteiger charge is 2.30. The molecule has 288 valence electrons. The molecular formula is C25H36F12N4O8. The first kappa shape index (κ1) is 51.9. The van der Waals surface area contributed by atoms with Gasteiger partial charge in [-0.2, -0.15) is 52.7 Å². The fourth-order valence-corrected chi connectivity index (χ4v) is 2.71. The zero-order valence-corrected chi connectivity index (χ0v) is 25.7. The minimum Gasteiger partial charge on any atom is -0.542 e. The Bertz CT molecular complexity index is 960. The van der Waals surface area contributed by atoms with Crippen molar-refractivity contribution < 1.29 is 114 Å². The van der Waals surface area contributed by atoms with Crippen molar-refractivity contribution in [2.24, 2.45) is 0 Å². The van der Waals surface area contributed by atoms with E-state index in [0.717, 1.165) is 6.54 Å². The molecule has 0 fully saturated rings. The Balaban J connectivity index is -0.000000297. The van der Waals surface area contributed by atoms with E-state index in [-0.39, 0.29) is 0 Å².